The predicted octanol–water partition coefficient (Wildman–Crippen LogP) is 3.02. The average Bonchev–Trinajstić information content (AvgIpc) is 2.48. The third-order valence-corrected chi connectivity index (χ3v) is 4.57. The van der Waals surface area contributed by atoms with Gasteiger partial charge in [0.1, 0.15) is 5.71 Å². The van der Waals surface area contributed by atoms with Gasteiger partial charge in [-0.2, -0.15) is 4.99 Å². The summed E-state index contributed by atoms with van der Waals surface area (Å²) in [5, 5.41) is 1.91. The van der Waals surface area contributed by atoms with Crippen LogP contribution in [0.25, 0.3) is 0 Å². The number of imide groups is 1. The number of carbonyl (C=O) groups excluding carboxylic acids is 3. The Morgan fingerprint density at radius 2 is 1.86 bits per heavy atom. The summed E-state index contributed by atoms with van der Waals surface area (Å²) >= 11 is 0. The van der Waals surface area contributed by atoms with E-state index in [2.05, 4.69) is 4.99 Å². The maximum absolute atomic E-state index is 11.7. The third-order valence-electron chi connectivity index (χ3n) is 4.57. The van der Waals surface area contributed by atoms with Crippen molar-refractivity contribution >= 4 is 23.4 Å². The number of hydrogen-bond acceptors (Lipinski definition) is 3. The Morgan fingerprint density at radius 1 is 1.14 bits per heavy atom. The molecule has 1 N–H and O–H groups in total. The summed E-state index contributed by atoms with van der Waals surface area (Å²) in [4.78, 5) is 37.9. The molecule has 0 radical (unpaired) electrons. The minimum absolute atomic E-state index is 0.126. The monoisotopic (exact) mass is 292 g/mol. The number of amides is 3. The normalized spacial score (nSPS) is 22.0. The number of ketones is 1. The average molecular weight is 292 g/mol. The molecule has 21 heavy (non-hydrogen) atoms. The van der Waals surface area contributed by atoms with Crippen molar-refractivity contribution in [2.75, 3.05) is 0 Å². The fourth-order valence-electron chi connectivity index (χ4n) is 3.29. The Morgan fingerprint density at radius 3 is 2.57 bits per heavy atom. The van der Waals surface area contributed by atoms with Crippen molar-refractivity contribution < 1.29 is 14.4 Å². The van der Waals surface area contributed by atoms with Crippen LogP contribution in [0.3, 0.4) is 0 Å². The molecule has 0 aromatic carbocycles. The van der Waals surface area contributed by atoms with Crippen LogP contribution in [0.1, 0.15) is 64.7 Å². The highest BCUT2D eigenvalue weighted by Crippen LogP contribution is 2.28. The molecular formula is C16H24N2O3. The highest BCUT2D eigenvalue weighted by atomic mass is 16.2. The first-order valence-electron chi connectivity index (χ1n) is 8.06. The van der Waals surface area contributed by atoms with Crippen LogP contribution >= 0.6 is 0 Å². The molecule has 2 rings (SSSR count). The van der Waals surface area contributed by atoms with Crippen molar-refractivity contribution in [3.05, 3.63) is 0 Å². The van der Waals surface area contributed by atoms with E-state index in [1.807, 2.05) is 12.2 Å². The van der Waals surface area contributed by atoms with Gasteiger partial charge < -0.3 is 0 Å². The summed E-state index contributed by atoms with van der Waals surface area (Å²) in [6, 6.07) is -0.719. The van der Waals surface area contributed by atoms with Gasteiger partial charge in [-0.05, 0) is 12.3 Å². The van der Waals surface area contributed by atoms with Gasteiger partial charge in [-0.15, -0.1) is 0 Å². The van der Waals surface area contributed by atoms with E-state index < -0.39 is 17.7 Å². The Labute approximate surface area is 125 Å². The summed E-state index contributed by atoms with van der Waals surface area (Å²) in [6.45, 7) is 1.86. The molecule has 1 atom stereocenters. The van der Waals surface area contributed by atoms with Crippen molar-refractivity contribution in [1.29, 1.82) is 0 Å². The van der Waals surface area contributed by atoms with Crippen LogP contribution in [-0.4, -0.2) is 23.4 Å². The maximum atomic E-state index is 11.7. The number of nitrogens with one attached hydrogen (secondary N) is 1. The molecular weight excluding hydrogens is 268 g/mol. The lowest BCUT2D eigenvalue weighted by atomic mass is 9.85. The molecule has 1 saturated carbocycles. The number of nitrogens with zero attached hydrogens (tertiary/aromatic N) is 1. The molecule has 1 fully saturated rings. The molecule has 3 amide bonds. The zero-order valence-corrected chi connectivity index (χ0v) is 12.7. The van der Waals surface area contributed by atoms with Gasteiger partial charge in [-0.1, -0.05) is 58.3 Å². The standard InChI is InChI=1S/C16H24N2O3/c1-11(13-14(19)15(20)18-16(21)17-13)7-5-6-10-12-8-3-2-4-9-12/h11-12H,2-10H2,1H3,(H,18,20,21). The Bertz CT molecular complexity index is 450. The zero-order valence-electron chi connectivity index (χ0n) is 12.7. The molecule has 5 nitrogen and oxygen atoms in total. The van der Waals surface area contributed by atoms with Gasteiger partial charge in [-0.3, -0.25) is 14.9 Å². The predicted molar refractivity (Wildman–Crippen MR) is 80.2 cm³/mol. The highest BCUT2D eigenvalue weighted by molar-refractivity contribution is 6.68. The van der Waals surface area contributed by atoms with E-state index in [4.69, 9.17) is 0 Å². The van der Waals surface area contributed by atoms with E-state index in [1.165, 1.54) is 38.5 Å². The SMILES string of the molecule is CC(CCCCC1CCCCC1)C1=NC(=O)NC(=O)C1=O. The van der Waals surface area contributed by atoms with Gasteiger partial charge in [0.05, 0.1) is 0 Å². The first-order chi connectivity index (χ1) is 10.1. The number of hydrogen-bond donors (Lipinski definition) is 1. The molecule has 5 heteroatoms. The van der Waals surface area contributed by atoms with E-state index in [1.54, 1.807) is 0 Å². The Balaban J connectivity index is 1.73. The Hall–Kier alpha value is -1.52. The fraction of sp³-hybridized carbons (Fsp3) is 0.750. The summed E-state index contributed by atoms with van der Waals surface area (Å²) in [5.41, 5.74) is 0.126. The molecule has 1 heterocycles. The van der Waals surface area contributed by atoms with Gasteiger partial charge in [0, 0.05) is 5.92 Å². The molecule has 0 aromatic rings. The molecule has 1 aliphatic carbocycles. The third kappa shape index (κ3) is 4.48. The summed E-state index contributed by atoms with van der Waals surface area (Å²) in [7, 11) is 0. The lowest BCUT2D eigenvalue weighted by Crippen LogP contribution is -2.45. The second-order valence-electron chi connectivity index (χ2n) is 6.27. The first-order valence-corrected chi connectivity index (χ1v) is 8.06. The lowest BCUT2D eigenvalue weighted by Gasteiger charge is -2.21. The molecule has 0 spiro atoms. The van der Waals surface area contributed by atoms with Crippen molar-refractivity contribution in [1.82, 2.24) is 5.32 Å². The zero-order chi connectivity index (χ0) is 15.2. The summed E-state index contributed by atoms with van der Waals surface area (Å²) in [5.74, 6) is -0.762. The summed E-state index contributed by atoms with van der Waals surface area (Å²) < 4.78 is 0. The minimum atomic E-state index is -0.848. The minimum Gasteiger partial charge on any atom is -0.282 e. The molecule has 2 aliphatic rings. The van der Waals surface area contributed by atoms with Crippen LogP contribution < -0.4 is 5.32 Å². The van der Waals surface area contributed by atoms with E-state index >= 15 is 0 Å². The van der Waals surface area contributed by atoms with Crippen molar-refractivity contribution in [2.24, 2.45) is 16.8 Å². The second kappa shape index (κ2) is 7.48. The van der Waals surface area contributed by atoms with Gasteiger partial charge in [0.15, 0.2) is 0 Å². The number of carbonyl (C=O) groups is 3. The smallest absolute Gasteiger partial charge is 0.282 e. The van der Waals surface area contributed by atoms with Crippen molar-refractivity contribution in [3.63, 3.8) is 0 Å². The number of unbranched alkanes of at least 4 members (excludes halogenated alkanes) is 1. The van der Waals surface area contributed by atoms with Crippen molar-refractivity contribution in [2.45, 2.75) is 64.7 Å². The number of urea groups is 1. The Kier molecular flexibility index (Phi) is 5.65. The quantitative estimate of drug-likeness (QED) is 0.604. The van der Waals surface area contributed by atoms with Crippen molar-refractivity contribution in [3.8, 4) is 0 Å². The van der Waals surface area contributed by atoms with Crippen LogP contribution in [0.15, 0.2) is 4.99 Å². The van der Waals surface area contributed by atoms with E-state index in [9.17, 15) is 14.4 Å². The molecule has 0 bridgehead atoms. The topological polar surface area (TPSA) is 75.6 Å². The van der Waals surface area contributed by atoms with Crippen LogP contribution in [0, 0.1) is 11.8 Å². The molecule has 116 valence electrons. The molecule has 0 aromatic heterocycles. The van der Waals surface area contributed by atoms with Crippen LogP contribution in [0.2, 0.25) is 0 Å². The molecule has 0 saturated heterocycles. The van der Waals surface area contributed by atoms with Gasteiger partial charge in [-0.25, -0.2) is 4.79 Å². The largest absolute Gasteiger partial charge is 0.348 e. The number of Topliss-reactive ketones (excluding diaryl/α,β-unsaturated/α-hetero) is 1. The number of aliphatic imine (C=N–C) groups is 1. The van der Waals surface area contributed by atoms with Gasteiger partial charge in [0.25, 0.3) is 5.78 Å². The van der Waals surface area contributed by atoms with E-state index in [0.717, 1.165) is 25.2 Å². The molecule has 1 unspecified atom stereocenters. The van der Waals surface area contributed by atoms with E-state index in [-0.39, 0.29) is 11.6 Å². The molecule has 1 aliphatic heterocycles. The van der Waals surface area contributed by atoms with Gasteiger partial charge in [0.2, 0.25) is 0 Å². The highest BCUT2D eigenvalue weighted by Gasteiger charge is 2.31. The van der Waals surface area contributed by atoms with Crippen LogP contribution in [0.5, 0.6) is 0 Å². The van der Waals surface area contributed by atoms with Crippen LogP contribution in [0.4, 0.5) is 4.79 Å². The number of rotatable bonds is 6. The fourth-order valence-corrected chi connectivity index (χ4v) is 3.29. The lowest BCUT2D eigenvalue weighted by molar-refractivity contribution is -0.133. The van der Waals surface area contributed by atoms with Crippen LogP contribution in [-0.2, 0) is 9.59 Å². The first kappa shape index (κ1) is 15.9. The van der Waals surface area contributed by atoms with Gasteiger partial charge >= 0.3 is 11.9 Å². The second-order valence-corrected chi connectivity index (χ2v) is 6.27. The summed E-state index contributed by atoms with van der Waals surface area (Å²) in [6.07, 6.45) is 11.0. The van der Waals surface area contributed by atoms with E-state index in [0.29, 0.717) is 0 Å². The maximum Gasteiger partial charge on any atom is 0.348 e.